The number of ether oxygens (including phenoxy) is 1. The molecule has 0 spiro atoms. The summed E-state index contributed by atoms with van der Waals surface area (Å²) >= 11 is 0. The normalized spacial score (nSPS) is 10.3. The fraction of sp³-hybridized carbons (Fsp3) is 0.462. The highest BCUT2D eigenvalue weighted by atomic mass is 16.5. The Morgan fingerprint density at radius 2 is 1.93 bits per heavy atom. The molecular weight excluding hydrogens is 188 g/mol. The van der Waals surface area contributed by atoms with Gasteiger partial charge in [-0.1, -0.05) is 13.8 Å². The topological polar surface area (TPSA) is 26.3 Å². The van der Waals surface area contributed by atoms with Gasteiger partial charge >= 0.3 is 0 Å². The minimum Gasteiger partial charge on any atom is -0.494 e. The summed E-state index contributed by atoms with van der Waals surface area (Å²) in [6.45, 7) is 5.14. The molecule has 2 heteroatoms. The maximum atomic E-state index is 10.3. The Bertz CT molecular complexity index is 288. The van der Waals surface area contributed by atoms with Crippen LogP contribution in [0.2, 0.25) is 0 Å². The monoisotopic (exact) mass is 205 g/mol. The Morgan fingerprint density at radius 1 is 1.27 bits per heavy atom. The molecule has 0 saturated carbocycles. The summed E-state index contributed by atoms with van der Waals surface area (Å²) in [6, 6.07) is 7.03. The van der Waals surface area contributed by atoms with Crippen molar-refractivity contribution in [1.82, 2.24) is 0 Å². The first kappa shape index (κ1) is 11.8. The minimum absolute atomic E-state index is 0.560. The predicted octanol–water partition coefficient (Wildman–Crippen LogP) is 2.96. The lowest BCUT2D eigenvalue weighted by Gasteiger charge is -2.07. The summed E-state index contributed by atoms with van der Waals surface area (Å²) in [4.78, 5) is 10.3. The lowest BCUT2D eigenvalue weighted by molar-refractivity contribution is 0.297. The van der Waals surface area contributed by atoms with Crippen LogP contribution in [0.5, 0.6) is 5.75 Å². The van der Waals surface area contributed by atoms with Gasteiger partial charge in [0.1, 0.15) is 5.75 Å². The van der Waals surface area contributed by atoms with Crippen LogP contribution in [0.15, 0.2) is 24.3 Å². The molecule has 0 unspecified atom stereocenters. The van der Waals surface area contributed by atoms with E-state index < -0.39 is 0 Å². The molecule has 0 heterocycles. The molecule has 0 fully saturated rings. The molecule has 0 aliphatic rings. The van der Waals surface area contributed by atoms with Gasteiger partial charge in [0.05, 0.1) is 6.61 Å². The van der Waals surface area contributed by atoms with Crippen LogP contribution >= 0.6 is 0 Å². The fourth-order valence-electron chi connectivity index (χ4n) is 1.30. The minimum atomic E-state index is 0.560. The Hall–Kier alpha value is -1.31. The van der Waals surface area contributed by atoms with Crippen molar-refractivity contribution >= 4 is 6.29 Å². The van der Waals surface area contributed by atoms with Crippen LogP contribution in [0.25, 0.3) is 0 Å². The molecular formula is C13H17O2. The quantitative estimate of drug-likeness (QED) is 0.667. The van der Waals surface area contributed by atoms with E-state index in [1.165, 1.54) is 6.42 Å². The van der Waals surface area contributed by atoms with Gasteiger partial charge in [-0.05, 0) is 43.0 Å². The van der Waals surface area contributed by atoms with Crippen molar-refractivity contribution < 1.29 is 9.53 Å². The predicted molar refractivity (Wildman–Crippen MR) is 60.8 cm³/mol. The molecule has 0 N–H and O–H groups in total. The van der Waals surface area contributed by atoms with Crippen LogP contribution in [-0.2, 0) is 4.79 Å². The molecule has 81 valence electrons. The summed E-state index contributed by atoms with van der Waals surface area (Å²) in [5.41, 5.74) is 0.560. The standard InChI is InChI=1S/C13H17O2/c1-11(2)4-3-9-15-13-7-5-12(10-14)6-8-13/h5-8,11H,3-4,9H2,1-2H3. The highest BCUT2D eigenvalue weighted by molar-refractivity contribution is 5.75. The molecule has 1 aromatic carbocycles. The van der Waals surface area contributed by atoms with Gasteiger partial charge in [0, 0.05) is 5.56 Å². The van der Waals surface area contributed by atoms with Gasteiger partial charge < -0.3 is 4.74 Å². The molecule has 2 nitrogen and oxygen atoms in total. The molecule has 0 aliphatic heterocycles. The van der Waals surface area contributed by atoms with Gasteiger partial charge in [-0.2, -0.15) is 0 Å². The average Bonchev–Trinajstić information content (AvgIpc) is 2.25. The third-order valence-corrected chi connectivity index (χ3v) is 2.17. The highest BCUT2D eigenvalue weighted by Gasteiger charge is 1.97. The SMILES string of the molecule is CC(C)CCCOc1ccc([C]=O)cc1. The van der Waals surface area contributed by atoms with Gasteiger partial charge in [-0.25, -0.2) is 0 Å². The first-order valence-electron chi connectivity index (χ1n) is 5.33. The van der Waals surface area contributed by atoms with Crippen LogP contribution in [-0.4, -0.2) is 12.9 Å². The number of hydrogen-bond acceptors (Lipinski definition) is 2. The summed E-state index contributed by atoms with van der Waals surface area (Å²) in [5.74, 6) is 1.54. The molecule has 1 aromatic rings. The van der Waals surface area contributed by atoms with Crippen LogP contribution < -0.4 is 4.74 Å². The molecule has 0 atom stereocenters. The lowest BCUT2D eigenvalue weighted by atomic mass is 10.1. The Balaban J connectivity index is 2.28. The second kappa shape index (κ2) is 6.23. The summed E-state index contributed by atoms with van der Waals surface area (Å²) in [7, 11) is 0. The van der Waals surface area contributed by atoms with Gasteiger partial charge in [-0.3, -0.25) is 4.79 Å². The Labute approximate surface area is 91.3 Å². The van der Waals surface area contributed by atoms with Crippen molar-refractivity contribution in [3.05, 3.63) is 29.8 Å². The third kappa shape index (κ3) is 4.63. The highest BCUT2D eigenvalue weighted by Crippen LogP contribution is 2.12. The third-order valence-electron chi connectivity index (χ3n) is 2.17. The molecule has 0 bridgehead atoms. The maximum Gasteiger partial charge on any atom is 0.233 e. The number of hydrogen-bond donors (Lipinski definition) is 0. The van der Waals surface area contributed by atoms with E-state index in [0.717, 1.165) is 24.7 Å². The van der Waals surface area contributed by atoms with Crippen molar-refractivity contribution in [3.8, 4) is 5.75 Å². The van der Waals surface area contributed by atoms with E-state index in [1.54, 1.807) is 24.3 Å². The summed E-state index contributed by atoms with van der Waals surface area (Å²) in [5, 5.41) is 0. The van der Waals surface area contributed by atoms with Crippen LogP contribution in [0, 0.1) is 5.92 Å². The molecule has 1 rings (SSSR count). The number of benzene rings is 1. The molecule has 0 aromatic heterocycles. The zero-order chi connectivity index (χ0) is 11.1. The molecule has 0 saturated heterocycles. The molecule has 0 amide bonds. The Kier molecular flexibility index (Phi) is 4.88. The first-order chi connectivity index (χ1) is 7.22. The number of carbonyl (C=O) groups excluding carboxylic acids is 1. The van der Waals surface area contributed by atoms with Crippen molar-refractivity contribution in [1.29, 1.82) is 0 Å². The first-order valence-corrected chi connectivity index (χ1v) is 5.33. The zero-order valence-corrected chi connectivity index (χ0v) is 9.32. The second-order valence-electron chi connectivity index (χ2n) is 4.01. The van der Waals surface area contributed by atoms with Gasteiger partial charge in [0.15, 0.2) is 0 Å². The van der Waals surface area contributed by atoms with Gasteiger partial charge in [-0.15, -0.1) is 0 Å². The van der Waals surface area contributed by atoms with E-state index >= 15 is 0 Å². The smallest absolute Gasteiger partial charge is 0.233 e. The van der Waals surface area contributed by atoms with E-state index in [9.17, 15) is 4.79 Å². The van der Waals surface area contributed by atoms with E-state index in [1.807, 2.05) is 6.29 Å². The van der Waals surface area contributed by atoms with Gasteiger partial charge in [0.2, 0.25) is 6.29 Å². The Morgan fingerprint density at radius 3 is 2.47 bits per heavy atom. The molecule has 0 aliphatic carbocycles. The van der Waals surface area contributed by atoms with Crippen LogP contribution in [0.1, 0.15) is 32.3 Å². The zero-order valence-electron chi connectivity index (χ0n) is 9.32. The van der Waals surface area contributed by atoms with Crippen LogP contribution in [0.3, 0.4) is 0 Å². The van der Waals surface area contributed by atoms with Crippen molar-refractivity contribution in [2.24, 2.45) is 5.92 Å². The average molecular weight is 205 g/mol. The van der Waals surface area contributed by atoms with E-state index in [4.69, 9.17) is 4.74 Å². The number of rotatable bonds is 6. The maximum absolute atomic E-state index is 10.3. The largest absolute Gasteiger partial charge is 0.494 e. The van der Waals surface area contributed by atoms with Gasteiger partial charge in [0.25, 0.3) is 0 Å². The van der Waals surface area contributed by atoms with E-state index in [-0.39, 0.29) is 0 Å². The van der Waals surface area contributed by atoms with E-state index in [2.05, 4.69) is 13.8 Å². The molecule has 15 heavy (non-hydrogen) atoms. The van der Waals surface area contributed by atoms with E-state index in [0.29, 0.717) is 5.56 Å². The summed E-state index contributed by atoms with van der Waals surface area (Å²) < 4.78 is 5.53. The second-order valence-corrected chi connectivity index (χ2v) is 4.01. The van der Waals surface area contributed by atoms with Crippen molar-refractivity contribution in [3.63, 3.8) is 0 Å². The fourth-order valence-corrected chi connectivity index (χ4v) is 1.30. The summed E-state index contributed by atoms with van der Waals surface area (Å²) in [6.07, 6.45) is 4.08. The van der Waals surface area contributed by atoms with Crippen molar-refractivity contribution in [2.45, 2.75) is 26.7 Å². The lowest BCUT2D eigenvalue weighted by Crippen LogP contribution is -1.99. The molecule has 1 radical (unpaired) electrons. The van der Waals surface area contributed by atoms with Crippen molar-refractivity contribution in [2.75, 3.05) is 6.61 Å². The van der Waals surface area contributed by atoms with Crippen LogP contribution in [0.4, 0.5) is 0 Å².